The van der Waals surface area contributed by atoms with Gasteiger partial charge in [-0.3, -0.25) is 0 Å². The average molecular weight is 265 g/mol. The molecule has 1 aromatic carbocycles. The Hall–Kier alpha value is -1.35. The van der Waals surface area contributed by atoms with Crippen LogP contribution in [0.1, 0.15) is 32.8 Å². The molecule has 3 heteroatoms. The van der Waals surface area contributed by atoms with Crippen molar-refractivity contribution in [2.45, 2.75) is 39.7 Å². The Morgan fingerprint density at radius 3 is 2.74 bits per heavy atom. The Bertz CT molecular complexity index is 427. The molecular formula is C16H24FNO. The Morgan fingerprint density at radius 1 is 1.42 bits per heavy atom. The van der Waals surface area contributed by atoms with Crippen LogP contribution in [0, 0.1) is 5.82 Å². The average Bonchev–Trinajstić information content (AvgIpc) is 2.35. The lowest BCUT2D eigenvalue weighted by Gasteiger charge is -2.07. The smallest absolute Gasteiger partial charge is 0.165 e. The highest BCUT2D eigenvalue weighted by molar-refractivity contribution is 5.31. The van der Waals surface area contributed by atoms with E-state index in [0.29, 0.717) is 11.8 Å². The molecule has 0 saturated carbocycles. The zero-order valence-electron chi connectivity index (χ0n) is 12.3. The van der Waals surface area contributed by atoms with Crippen molar-refractivity contribution >= 4 is 0 Å². The molecule has 1 aromatic rings. The monoisotopic (exact) mass is 265 g/mol. The number of halogens is 1. The number of benzene rings is 1. The van der Waals surface area contributed by atoms with Crippen molar-refractivity contribution in [2.24, 2.45) is 0 Å². The van der Waals surface area contributed by atoms with Gasteiger partial charge in [0.15, 0.2) is 11.6 Å². The third-order valence-corrected chi connectivity index (χ3v) is 2.89. The molecule has 0 fully saturated rings. The van der Waals surface area contributed by atoms with Gasteiger partial charge < -0.3 is 10.1 Å². The molecule has 0 saturated heterocycles. The van der Waals surface area contributed by atoms with Crippen LogP contribution in [-0.2, 0) is 6.42 Å². The molecule has 0 aliphatic rings. The summed E-state index contributed by atoms with van der Waals surface area (Å²) < 4.78 is 18.5. The van der Waals surface area contributed by atoms with Gasteiger partial charge in [-0.05, 0) is 44.0 Å². The van der Waals surface area contributed by atoms with Gasteiger partial charge in [0.1, 0.15) is 0 Å². The van der Waals surface area contributed by atoms with Crippen LogP contribution in [0.2, 0.25) is 0 Å². The van der Waals surface area contributed by atoms with Crippen LogP contribution in [-0.4, -0.2) is 19.7 Å². The SMILES string of the molecule is COc1ccc(CC(C)=CCCNC(C)C)cc1F. The molecule has 0 bridgehead atoms. The van der Waals surface area contributed by atoms with Gasteiger partial charge in [-0.25, -0.2) is 4.39 Å². The van der Waals surface area contributed by atoms with Gasteiger partial charge in [-0.15, -0.1) is 0 Å². The molecule has 1 N–H and O–H groups in total. The van der Waals surface area contributed by atoms with Crippen molar-refractivity contribution in [2.75, 3.05) is 13.7 Å². The van der Waals surface area contributed by atoms with E-state index in [-0.39, 0.29) is 5.82 Å². The molecule has 106 valence electrons. The summed E-state index contributed by atoms with van der Waals surface area (Å²) in [5, 5.41) is 3.37. The van der Waals surface area contributed by atoms with Crippen LogP contribution in [0.25, 0.3) is 0 Å². The van der Waals surface area contributed by atoms with Gasteiger partial charge in [-0.1, -0.05) is 31.6 Å². The van der Waals surface area contributed by atoms with E-state index in [0.717, 1.165) is 24.9 Å². The van der Waals surface area contributed by atoms with Crippen molar-refractivity contribution in [3.05, 3.63) is 41.2 Å². The van der Waals surface area contributed by atoms with Crippen LogP contribution in [0.5, 0.6) is 5.75 Å². The minimum Gasteiger partial charge on any atom is -0.494 e. The maximum absolute atomic E-state index is 13.5. The second kappa shape index (κ2) is 7.95. The molecule has 0 aromatic heterocycles. The molecule has 19 heavy (non-hydrogen) atoms. The Balaban J connectivity index is 2.49. The summed E-state index contributed by atoms with van der Waals surface area (Å²) in [4.78, 5) is 0. The predicted octanol–water partition coefficient (Wildman–Crippen LogP) is 3.71. The fraction of sp³-hybridized carbons (Fsp3) is 0.500. The number of nitrogens with one attached hydrogen (secondary N) is 1. The first-order valence-corrected chi connectivity index (χ1v) is 6.74. The van der Waals surface area contributed by atoms with Gasteiger partial charge >= 0.3 is 0 Å². The quantitative estimate of drug-likeness (QED) is 0.599. The second-order valence-electron chi connectivity index (χ2n) is 5.09. The Kier molecular flexibility index (Phi) is 6.57. The molecule has 0 aliphatic carbocycles. The maximum Gasteiger partial charge on any atom is 0.165 e. The lowest BCUT2D eigenvalue weighted by atomic mass is 10.1. The topological polar surface area (TPSA) is 21.3 Å². The zero-order valence-corrected chi connectivity index (χ0v) is 12.3. The van der Waals surface area contributed by atoms with Gasteiger partial charge in [0, 0.05) is 6.04 Å². The fourth-order valence-electron chi connectivity index (χ4n) is 1.90. The number of hydrogen-bond acceptors (Lipinski definition) is 2. The van der Waals surface area contributed by atoms with E-state index in [1.165, 1.54) is 12.7 Å². The summed E-state index contributed by atoms with van der Waals surface area (Å²) in [6.45, 7) is 7.33. The summed E-state index contributed by atoms with van der Waals surface area (Å²) in [7, 11) is 1.48. The van der Waals surface area contributed by atoms with Crippen LogP contribution < -0.4 is 10.1 Å². The fourth-order valence-corrected chi connectivity index (χ4v) is 1.90. The van der Waals surface area contributed by atoms with E-state index >= 15 is 0 Å². The van der Waals surface area contributed by atoms with Gasteiger partial charge in [0.25, 0.3) is 0 Å². The minimum atomic E-state index is -0.297. The molecule has 0 radical (unpaired) electrons. The molecular weight excluding hydrogens is 241 g/mol. The number of allylic oxidation sites excluding steroid dienone is 1. The number of rotatable bonds is 7. The van der Waals surface area contributed by atoms with Crippen molar-refractivity contribution in [3.8, 4) is 5.75 Å². The maximum atomic E-state index is 13.5. The van der Waals surface area contributed by atoms with Gasteiger partial charge in [-0.2, -0.15) is 0 Å². The van der Waals surface area contributed by atoms with Crippen LogP contribution in [0.15, 0.2) is 29.8 Å². The highest BCUT2D eigenvalue weighted by Crippen LogP contribution is 2.19. The summed E-state index contributed by atoms with van der Waals surface area (Å²) in [6, 6.07) is 5.65. The number of ether oxygens (including phenoxy) is 1. The van der Waals surface area contributed by atoms with E-state index in [4.69, 9.17) is 4.74 Å². The molecule has 0 atom stereocenters. The van der Waals surface area contributed by atoms with Crippen LogP contribution in [0.3, 0.4) is 0 Å². The number of methoxy groups -OCH3 is 1. The standard InChI is InChI=1S/C16H24FNO/c1-12(2)18-9-5-6-13(3)10-14-7-8-16(19-4)15(17)11-14/h6-8,11-12,18H,5,9-10H2,1-4H3. The van der Waals surface area contributed by atoms with Crippen molar-refractivity contribution in [1.82, 2.24) is 5.32 Å². The van der Waals surface area contributed by atoms with Crippen LogP contribution >= 0.6 is 0 Å². The summed E-state index contributed by atoms with van der Waals surface area (Å²) in [5.74, 6) is 0.000732. The highest BCUT2D eigenvalue weighted by atomic mass is 19.1. The van der Waals surface area contributed by atoms with Gasteiger partial charge in [0.2, 0.25) is 0 Å². The van der Waals surface area contributed by atoms with E-state index in [1.54, 1.807) is 12.1 Å². The van der Waals surface area contributed by atoms with Crippen LogP contribution in [0.4, 0.5) is 4.39 Å². The summed E-state index contributed by atoms with van der Waals surface area (Å²) >= 11 is 0. The lowest BCUT2D eigenvalue weighted by molar-refractivity contribution is 0.386. The lowest BCUT2D eigenvalue weighted by Crippen LogP contribution is -2.23. The normalized spacial score (nSPS) is 12.0. The molecule has 0 unspecified atom stereocenters. The van der Waals surface area contributed by atoms with E-state index < -0.39 is 0 Å². The first-order chi connectivity index (χ1) is 9.02. The first kappa shape index (κ1) is 15.7. The molecule has 0 aliphatic heterocycles. The van der Waals surface area contributed by atoms with E-state index in [1.807, 2.05) is 6.07 Å². The molecule has 0 spiro atoms. The Labute approximate surface area is 115 Å². The summed E-state index contributed by atoms with van der Waals surface area (Å²) in [6.07, 6.45) is 3.99. The molecule has 2 nitrogen and oxygen atoms in total. The molecule has 0 amide bonds. The zero-order chi connectivity index (χ0) is 14.3. The minimum absolute atomic E-state index is 0.297. The third kappa shape index (κ3) is 5.88. The molecule has 0 heterocycles. The third-order valence-electron chi connectivity index (χ3n) is 2.89. The summed E-state index contributed by atoms with van der Waals surface area (Å²) in [5.41, 5.74) is 2.24. The Morgan fingerprint density at radius 2 is 2.16 bits per heavy atom. The van der Waals surface area contributed by atoms with Crippen molar-refractivity contribution < 1.29 is 9.13 Å². The van der Waals surface area contributed by atoms with Crippen molar-refractivity contribution in [1.29, 1.82) is 0 Å². The highest BCUT2D eigenvalue weighted by Gasteiger charge is 2.03. The number of hydrogen-bond donors (Lipinski definition) is 1. The first-order valence-electron chi connectivity index (χ1n) is 6.74. The van der Waals surface area contributed by atoms with E-state index in [9.17, 15) is 4.39 Å². The predicted molar refractivity (Wildman–Crippen MR) is 78.2 cm³/mol. The van der Waals surface area contributed by atoms with Gasteiger partial charge in [0.05, 0.1) is 7.11 Å². The van der Waals surface area contributed by atoms with E-state index in [2.05, 4.69) is 32.2 Å². The second-order valence-corrected chi connectivity index (χ2v) is 5.09. The molecule has 1 rings (SSSR count). The van der Waals surface area contributed by atoms with Crippen molar-refractivity contribution in [3.63, 3.8) is 0 Å². The largest absolute Gasteiger partial charge is 0.494 e.